The maximum absolute atomic E-state index is 12.9. The lowest BCUT2D eigenvalue weighted by atomic mass is 9.79. The first kappa shape index (κ1) is 44.6. The van der Waals surface area contributed by atoms with Crippen molar-refractivity contribution in [2.45, 2.75) is 105 Å². The molecule has 1 amide bonds. The zero-order chi connectivity index (χ0) is 43.5. The Labute approximate surface area is 340 Å². The van der Waals surface area contributed by atoms with Crippen LogP contribution < -0.4 is 21.9 Å². The first-order chi connectivity index (χ1) is 26.7. The first-order valence-electron chi connectivity index (χ1n) is 19.3. The Morgan fingerprint density at radius 2 is 1.05 bits per heavy atom. The van der Waals surface area contributed by atoms with Crippen molar-refractivity contribution in [3.63, 3.8) is 0 Å². The number of nitrogens with two attached hydrogens (primary N) is 1. The van der Waals surface area contributed by atoms with Crippen LogP contribution in [0.4, 0.5) is 11.4 Å². The summed E-state index contributed by atoms with van der Waals surface area (Å²) >= 11 is 0. The standard InChI is InChI=1S/C24H28N2O2.C14H23NO.C10H7NO3/c1-23(2,3)15-11-12-20(18(13-15)24(4,5)6)26-22(28)17-14-25-19-10-8-7-9-16(19)21(17)27;1-13(2,3)9-7-10(14(4,5)6)12(16)8-11(9)15;12-9-6-3-1-2-4-8(6)11-5-7(9)10(13)14/h7-14H,1-6H3,(H,25,27)(H,26,28);7-8,16H,15H2,1-6H3;1-5H,(H,11,12)(H,13,14). The number of hydrogen-bond donors (Lipinski definition) is 6. The highest BCUT2D eigenvalue weighted by atomic mass is 16.4. The predicted molar refractivity (Wildman–Crippen MR) is 238 cm³/mol. The lowest BCUT2D eigenvalue weighted by Gasteiger charge is -2.27. The monoisotopic (exact) mass is 786 g/mol. The molecule has 2 heterocycles. The third-order valence-corrected chi connectivity index (χ3v) is 9.78. The first-order valence-corrected chi connectivity index (χ1v) is 19.3. The van der Waals surface area contributed by atoms with E-state index in [0.29, 0.717) is 27.5 Å². The maximum atomic E-state index is 12.9. The van der Waals surface area contributed by atoms with Gasteiger partial charge in [-0.05, 0) is 80.3 Å². The lowest BCUT2D eigenvalue weighted by Crippen LogP contribution is -2.24. The van der Waals surface area contributed by atoms with Crippen LogP contribution in [0.2, 0.25) is 0 Å². The molecule has 0 saturated heterocycles. The highest BCUT2D eigenvalue weighted by Crippen LogP contribution is 2.38. The molecule has 0 unspecified atom stereocenters. The fourth-order valence-corrected chi connectivity index (χ4v) is 6.45. The van der Waals surface area contributed by atoms with E-state index in [0.717, 1.165) is 22.4 Å². The summed E-state index contributed by atoms with van der Waals surface area (Å²) in [6.45, 7) is 25.5. The van der Waals surface area contributed by atoms with Crippen molar-refractivity contribution >= 4 is 45.1 Å². The fraction of sp³-hybridized carbons (Fsp3) is 0.333. The minimum absolute atomic E-state index is 0.00220. The van der Waals surface area contributed by atoms with Crippen LogP contribution in [0.5, 0.6) is 5.75 Å². The van der Waals surface area contributed by atoms with Gasteiger partial charge < -0.3 is 31.2 Å². The fourth-order valence-electron chi connectivity index (χ4n) is 6.45. The normalized spacial score (nSPS) is 11.9. The Balaban J connectivity index is 0.000000210. The number of phenolic OH excluding ortho intramolecular Hbond substituents is 1. The number of nitrogen functional groups attached to an aromatic ring is 1. The number of hydrogen-bond acceptors (Lipinski definition) is 6. The lowest BCUT2D eigenvalue weighted by molar-refractivity contribution is 0.0695. The summed E-state index contributed by atoms with van der Waals surface area (Å²) in [6.07, 6.45) is 2.70. The molecule has 10 nitrogen and oxygen atoms in total. The van der Waals surface area contributed by atoms with Gasteiger partial charge in [0.15, 0.2) is 0 Å². The van der Waals surface area contributed by atoms with Crippen molar-refractivity contribution in [1.29, 1.82) is 0 Å². The Hall–Kier alpha value is -6.16. The molecule has 7 N–H and O–H groups in total. The molecule has 0 saturated carbocycles. The van der Waals surface area contributed by atoms with Crippen molar-refractivity contribution < 1.29 is 19.8 Å². The SMILES string of the molecule is CC(C)(C)c1cc(C(C)(C)C)c(O)cc1N.CC(C)(C)c1ccc(NC(=O)c2c[nH]c3ccccc3c2=O)c(C(C)(C)C)c1.O=C(O)c1c[nH]c2ccccc2c1=O. The molecule has 0 bridgehead atoms. The van der Waals surface area contributed by atoms with Crippen LogP contribution in [0.1, 0.15) is 126 Å². The second kappa shape index (κ2) is 16.7. The summed E-state index contributed by atoms with van der Waals surface area (Å²) < 4.78 is 0. The van der Waals surface area contributed by atoms with Crippen molar-refractivity contribution in [1.82, 2.24) is 9.97 Å². The highest BCUT2D eigenvalue weighted by molar-refractivity contribution is 6.06. The number of H-pyrrole nitrogens is 2. The van der Waals surface area contributed by atoms with Gasteiger partial charge >= 0.3 is 5.97 Å². The number of carbonyl (C=O) groups excluding carboxylic acids is 1. The molecule has 58 heavy (non-hydrogen) atoms. The van der Waals surface area contributed by atoms with Crippen molar-refractivity contribution in [2.24, 2.45) is 0 Å². The Morgan fingerprint density at radius 1 is 0.586 bits per heavy atom. The van der Waals surface area contributed by atoms with Gasteiger partial charge in [-0.3, -0.25) is 14.4 Å². The number of aromatic nitrogens is 2. The number of benzene rings is 4. The minimum atomic E-state index is -1.21. The van der Waals surface area contributed by atoms with Crippen LogP contribution in [-0.4, -0.2) is 32.1 Å². The molecular weight excluding hydrogens is 729 g/mol. The molecule has 6 aromatic rings. The molecule has 0 aliphatic carbocycles. The van der Waals surface area contributed by atoms with Gasteiger partial charge in [0.1, 0.15) is 16.9 Å². The molecule has 2 aromatic heterocycles. The number of phenols is 1. The summed E-state index contributed by atoms with van der Waals surface area (Å²) in [5.74, 6) is -1.32. The Morgan fingerprint density at radius 3 is 1.52 bits per heavy atom. The Bertz CT molecular complexity index is 2560. The van der Waals surface area contributed by atoms with Gasteiger partial charge in [0.25, 0.3) is 5.91 Å². The molecule has 0 aliphatic heterocycles. The molecule has 0 radical (unpaired) electrons. The third-order valence-electron chi connectivity index (χ3n) is 9.78. The van der Waals surface area contributed by atoms with E-state index in [1.807, 2.05) is 30.3 Å². The van der Waals surface area contributed by atoms with Crippen molar-refractivity contribution in [3.8, 4) is 5.75 Å². The molecule has 0 atom stereocenters. The van der Waals surface area contributed by atoms with Crippen LogP contribution in [0.25, 0.3) is 21.8 Å². The van der Waals surface area contributed by atoms with Crippen LogP contribution in [0.3, 0.4) is 0 Å². The number of aromatic carboxylic acids is 1. The second-order valence-corrected chi connectivity index (χ2v) is 18.6. The zero-order valence-electron chi connectivity index (χ0n) is 35.8. The number of amides is 1. The van der Waals surface area contributed by atoms with E-state index in [1.165, 1.54) is 18.0 Å². The average molecular weight is 787 g/mol. The molecule has 0 aliphatic rings. The molecule has 6 rings (SSSR count). The quantitative estimate of drug-likeness (QED) is 0.0967. The summed E-state index contributed by atoms with van der Waals surface area (Å²) in [6, 6.07) is 23.8. The minimum Gasteiger partial charge on any atom is -0.508 e. The van der Waals surface area contributed by atoms with E-state index in [1.54, 1.807) is 42.5 Å². The number of aromatic amines is 2. The van der Waals surface area contributed by atoms with Crippen LogP contribution in [0.15, 0.2) is 101 Å². The van der Waals surface area contributed by atoms with Crippen molar-refractivity contribution in [2.75, 3.05) is 11.1 Å². The van der Waals surface area contributed by atoms with Gasteiger partial charge in [-0.15, -0.1) is 0 Å². The number of fused-ring (bicyclic) bond motifs is 2. The van der Waals surface area contributed by atoms with Gasteiger partial charge in [-0.25, -0.2) is 4.79 Å². The smallest absolute Gasteiger partial charge is 0.341 e. The van der Waals surface area contributed by atoms with E-state index >= 15 is 0 Å². The highest BCUT2D eigenvalue weighted by Gasteiger charge is 2.26. The third kappa shape index (κ3) is 10.4. The van der Waals surface area contributed by atoms with E-state index in [9.17, 15) is 24.3 Å². The molecular formula is C48H58N4O6. The number of rotatable bonds is 3. The number of anilines is 2. The largest absolute Gasteiger partial charge is 0.508 e. The van der Waals surface area contributed by atoms with E-state index in [2.05, 4.69) is 104 Å². The number of aromatic hydroxyl groups is 1. The topological polar surface area (TPSA) is 178 Å². The van der Waals surface area contributed by atoms with E-state index in [-0.39, 0.29) is 44.0 Å². The average Bonchev–Trinajstić information content (AvgIpc) is 3.10. The summed E-state index contributed by atoms with van der Waals surface area (Å²) in [5.41, 5.74) is 12.0. The van der Waals surface area contributed by atoms with Gasteiger partial charge in [0, 0.05) is 51.6 Å². The summed E-state index contributed by atoms with van der Waals surface area (Å²) in [4.78, 5) is 53.7. The molecule has 10 heteroatoms. The second-order valence-electron chi connectivity index (χ2n) is 18.6. The number of carbonyl (C=O) groups is 2. The number of para-hydroxylation sites is 2. The van der Waals surface area contributed by atoms with E-state index in [4.69, 9.17) is 10.8 Å². The number of pyridine rings is 2. The number of carboxylic acids is 1. The van der Waals surface area contributed by atoms with Gasteiger partial charge in [-0.2, -0.15) is 0 Å². The molecule has 306 valence electrons. The maximum Gasteiger partial charge on any atom is 0.341 e. The van der Waals surface area contributed by atoms with Gasteiger partial charge in [0.2, 0.25) is 10.9 Å². The van der Waals surface area contributed by atoms with Gasteiger partial charge in [0.05, 0.1) is 0 Å². The van der Waals surface area contributed by atoms with Crippen LogP contribution in [0, 0.1) is 0 Å². The number of nitrogens with one attached hydrogen (secondary N) is 3. The van der Waals surface area contributed by atoms with E-state index < -0.39 is 17.3 Å². The Kier molecular flexibility index (Phi) is 12.9. The van der Waals surface area contributed by atoms with Crippen molar-refractivity contribution in [3.05, 3.63) is 145 Å². The van der Waals surface area contributed by atoms with Crippen LogP contribution in [-0.2, 0) is 21.7 Å². The van der Waals surface area contributed by atoms with Gasteiger partial charge in [-0.1, -0.05) is 119 Å². The number of carboxylic acid groups (broad SMARTS) is 1. The molecule has 4 aromatic carbocycles. The predicted octanol–water partition coefficient (Wildman–Crippen LogP) is 10.2. The van der Waals surface area contributed by atoms with Crippen LogP contribution >= 0.6 is 0 Å². The summed E-state index contributed by atoms with van der Waals surface area (Å²) in [7, 11) is 0. The molecule has 0 spiro atoms. The zero-order valence-corrected chi connectivity index (χ0v) is 35.8. The molecule has 0 fully saturated rings. The summed E-state index contributed by atoms with van der Waals surface area (Å²) in [5, 5.41) is 22.5.